The maximum Gasteiger partial charge on any atom is 0.119 e. The number of fused-ring (bicyclic) bond motifs is 1. The number of methoxy groups -OCH3 is 1. The molecule has 0 N–H and O–H groups in total. The standard InChI is InChI=1S/C14H20O2/c1-4-16-14-8-5-10(2)12-7-6-11(15-3)9-13(12)14/h6-7,9-10,14H,4-5,8H2,1-3H3. The summed E-state index contributed by atoms with van der Waals surface area (Å²) in [4.78, 5) is 0. The van der Waals surface area contributed by atoms with Gasteiger partial charge in [0.15, 0.2) is 0 Å². The monoisotopic (exact) mass is 220 g/mol. The Hall–Kier alpha value is -1.02. The molecule has 0 amide bonds. The molecule has 2 heteroatoms. The highest BCUT2D eigenvalue weighted by Crippen LogP contribution is 2.40. The van der Waals surface area contributed by atoms with Gasteiger partial charge in [-0.1, -0.05) is 13.0 Å². The average molecular weight is 220 g/mol. The van der Waals surface area contributed by atoms with Crippen LogP contribution in [-0.2, 0) is 4.74 Å². The quantitative estimate of drug-likeness (QED) is 0.773. The Morgan fingerprint density at radius 2 is 2.06 bits per heavy atom. The van der Waals surface area contributed by atoms with Crippen molar-refractivity contribution in [1.29, 1.82) is 0 Å². The summed E-state index contributed by atoms with van der Waals surface area (Å²) in [7, 11) is 1.71. The first-order valence-corrected chi connectivity index (χ1v) is 6.05. The van der Waals surface area contributed by atoms with Crippen LogP contribution in [0.3, 0.4) is 0 Å². The second kappa shape index (κ2) is 4.88. The van der Waals surface area contributed by atoms with E-state index in [9.17, 15) is 0 Å². The fourth-order valence-electron chi connectivity index (χ4n) is 2.49. The summed E-state index contributed by atoms with van der Waals surface area (Å²) in [5, 5.41) is 0. The van der Waals surface area contributed by atoms with Crippen LogP contribution in [0.25, 0.3) is 0 Å². The summed E-state index contributed by atoms with van der Waals surface area (Å²) in [6.45, 7) is 5.11. The highest BCUT2D eigenvalue weighted by Gasteiger charge is 2.25. The first-order valence-electron chi connectivity index (χ1n) is 6.05. The molecule has 2 rings (SSSR count). The minimum atomic E-state index is 0.256. The van der Waals surface area contributed by atoms with Crippen LogP contribution in [-0.4, -0.2) is 13.7 Å². The Balaban J connectivity index is 2.36. The van der Waals surface area contributed by atoms with Gasteiger partial charge >= 0.3 is 0 Å². The Morgan fingerprint density at radius 3 is 2.75 bits per heavy atom. The van der Waals surface area contributed by atoms with Gasteiger partial charge in [-0.2, -0.15) is 0 Å². The third-order valence-electron chi connectivity index (χ3n) is 3.40. The molecule has 0 radical (unpaired) electrons. The van der Waals surface area contributed by atoms with Crippen molar-refractivity contribution in [3.05, 3.63) is 29.3 Å². The lowest BCUT2D eigenvalue weighted by molar-refractivity contribution is 0.0474. The van der Waals surface area contributed by atoms with Gasteiger partial charge in [0, 0.05) is 6.61 Å². The van der Waals surface area contributed by atoms with Crippen molar-refractivity contribution in [2.45, 2.75) is 38.7 Å². The van der Waals surface area contributed by atoms with Crippen LogP contribution in [0, 0.1) is 0 Å². The Morgan fingerprint density at radius 1 is 1.25 bits per heavy atom. The molecule has 0 saturated carbocycles. The minimum absolute atomic E-state index is 0.256. The number of rotatable bonds is 3. The van der Waals surface area contributed by atoms with E-state index in [0.29, 0.717) is 5.92 Å². The van der Waals surface area contributed by atoms with Gasteiger partial charge in [0.05, 0.1) is 13.2 Å². The molecular formula is C14H20O2. The fraction of sp³-hybridized carbons (Fsp3) is 0.571. The van der Waals surface area contributed by atoms with E-state index in [2.05, 4.69) is 26.0 Å². The highest BCUT2D eigenvalue weighted by atomic mass is 16.5. The zero-order chi connectivity index (χ0) is 11.5. The predicted octanol–water partition coefficient (Wildman–Crippen LogP) is 3.67. The lowest BCUT2D eigenvalue weighted by Crippen LogP contribution is -2.15. The second-order valence-electron chi connectivity index (χ2n) is 4.42. The van der Waals surface area contributed by atoms with Crippen molar-refractivity contribution >= 4 is 0 Å². The van der Waals surface area contributed by atoms with Gasteiger partial charge in [-0.15, -0.1) is 0 Å². The van der Waals surface area contributed by atoms with Gasteiger partial charge in [-0.25, -0.2) is 0 Å². The van der Waals surface area contributed by atoms with E-state index in [1.807, 2.05) is 6.07 Å². The number of benzene rings is 1. The van der Waals surface area contributed by atoms with Crippen LogP contribution in [0.4, 0.5) is 0 Å². The molecule has 88 valence electrons. The van der Waals surface area contributed by atoms with Gasteiger partial charge in [0.2, 0.25) is 0 Å². The lowest BCUT2D eigenvalue weighted by atomic mass is 9.82. The second-order valence-corrected chi connectivity index (χ2v) is 4.42. The summed E-state index contributed by atoms with van der Waals surface area (Å²) in [5.74, 6) is 1.56. The molecule has 1 aliphatic carbocycles. The molecule has 1 aromatic rings. The highest BCUT2D eigenvalue weighted by molar-refractivity contribution is 5.40. The van der Waals surface area contributed by atoms with E-state index in [1.165, 1.54) is 17.5 Å². The molecule has 0 aromatic heterocycles. The Kier molecular flexibility index (Phi) is 3.49. The Labute approximate surface area is 97.6 Å². The molecule has 1 aliphatic rings. The summed E-state index contributed by atoms with van der Waals surface area (Å²) in [6.07, 6.45) is 2.59. The first-order chi connectivity index (χ1) is 7.76. The summed E-state index contributed by atoms with van der Waals surface area (Å²) < 4.78 is 11.1. The van der Waals surface area contributed by atoms with Crippen LogP contribution in [0.15, 0.2) is 18.2 Å². The molecule has 2 unspecified atom stereocenters. The van der Waals surface area contributed by atoms with Crippen LogP contribution < -0.4 is 4.74 Å². The molecule has 2 atom stereocenters. The molecule has 0 fully saturated rings. The van der Waals surface area contributed by atoms with E-state index in [1.54, 1.807) is 7.11 Å². The van der Waals surface area contributed by atoms with Crippen molar-refractivity contribution in [2.24, 2.45) is 0 Å². The zero-order valence-corrected chi connectivity index (χ0v) is 10.3. The summed E-state index contributed by atoms with van der Waals surface area (Å²) in [6, 6.07) is 6.36. The molecule has 16 heavy (non-hydrogen) atoms. The summed E-state index contributed by atoms with van der Waals surface area (Å²) >= 11 is 0. The Bertz CT molecular complexity index is 360. The topological polar surface area (TPSA) is 18.5 Å². The fourth-order valence-corrected chi connectivity index (χ4v) is 2.49. The smallest absolute Gasteiger partial charge is 0.119 e. The van der Waals surface area contributed by atoms with E-state index < -0.39 is 0 Å². The third-order valence-corrected chi connectivity index (χ3v) is 3.40. The van der Waals surface area contributed by atoms with Crippen molar-refractivity contribution in [2.75, 3.05) is 13.7 Å². The molecule has 0 heterocycles. The molecular weight excluding hydrogens is 200 g/mol. The minimum Gasteiger partial charge on any atom is -0.497 e. The van der Waals surface area contributed by atoms with Crippen LogP contribution in [0.2, 0.25) is 0 Å². The average Bonchev–Trinajstić information content (AvgIpc) is 2.32. The molecule has 0 saturated heterocycles. The van der Waals surface area contributed by atoms with Gasteiger partial charge in [-0.3, -0.25) is 0 Å². The SMILES string of the molecule is CCOC1CCC(C)c2ccc(OC)cc21. The van der Waals surface area contributed by atoms with Crippen molar-refractivity contribution in [1.82, 2.24) is 0 Å². The van der Waals surface area contributed by atoms with Crippen molar-refractivity contribution in [3.63, 3.8) is 0 Å². The number of hydrogen-bond donors (Lipinski definition) is 0. The van der Waals surface area contributed by atoms with E-state index in [-0.39, 0.29) is 6.10 Å². The van der Waals surface area contributed by atoms with Crippen molar-refractivity contribution in [3.8, 4) is 5.75 Å². The normalized spacial score (nSPS) is 23.9. The largest absolute Gasteiger partial charge is 0.497 e. The maximum absolute atomic E-state index is 5.80. The van der Waals surface area contributed by atoms with Gasteiger partial charge in [-0.05, 0) is 48.9 Å². The summed E-state index contributed by atoms with van der Waals surface area (Å²) in [5.41, 5.74) is 2.74. The lowest BCUT2D eigenvalue weighted by Gasteiger charge is -2.29. The van der Waals surface area contributed by atoms with Gasteiger partial charge in [0.25, 0.3) is 0 Å². The molecule has 0 spiro atoms. The molecule has 0 bridgehead atoms. The zero-order valence-electron chi connectivity index (χ0n) is 10.3. The maximum atomic E-state index is 5.80. The number of ether oxygens (including phenoxy) is 2. The first kappa shape index (κ1) is 11.5. The van der Waals surface area contributed by atoms with Gasteiger partial charge in [0.1, 0.15) is 5.75 Å². The van der Waals surface area contributed by atoms with Crippen LogP contribution in [0.5, 0.6) is 5.75 Å². The predicted molar refractivity (Wildman–Crippen MR) is 65.0 cm³/mol. The van der Waals surface area contributed by atoms with E-state index in [0.717, 1.165) is 18.8 Å². The van der Waals surface area contributed by atoms with Gasteiger partial charge < -0.3 is 9.47 Å². The van der Waals surface area contributed by atoms with E-state index >= 15 is 0 Å². The molecule has 2 nitrogen and oxygen atoms in total. The number of hydrogen-bond acceptors (Lipinski definition) is 2. The molecule has 0 aliphatic heterocycles. The van der Waals surface area contributed by atoms with Crippen molar-refractivity contribution < 1.29 is 9.47 Å². The van der Waals surface area contributed by atoms with Crippen LogP contribution in [0.1, 0.15) is 49.8 Å². The van der Waals surface area contributed by atoms with Crippen LogP contribution >= 0.6 is 0 Å². The molecule has 1 aromatic carbocycles. The van der Waals surface area contributed by atoms with E-state index in [4.69, 9.17) is 9.47 Å². The third kappa shape index (κ3) is 2.07.